The Morgan fingerprint density at radius 1 is 1.09 bits per heavy atom. The van der Waals surface area contributed by atoms with E-state index in [4.69, 9.17) is 4.74 Å². The highest BCUT2D eigenvalue weighted by Gasteiger charge is 2.58. The molecule has 4 heteroatoms. The maximum Gasteiger partial charge on any atom is 0.246 e. The lowest BCUT2D eigenvalue weighted by molar-refractivity contribution is -0.122. The first-order valence-corrected chi connectivity index (χ1v) is 11.8. The highest BCUT2D eigenvalue weighted by molar-refractivity contribution is 9.10. The molecule has 0 radical (unpaired) electrons. The molecule has 3 aromatic rings. The van der Waals surface area contributed by atoms with Gasteiger partial charge in [-0.25, -0.2) is 0 Å². The molecule has 164 valence electrons. The van der Waals surface area contributed by atoms with Crippen molar-refractivity contribution in [3.8, 4) is 5.75 Å². The molecule has 3 aromatic carbocycles. The highest BCUT2D eigenvalue weighted by Crippen LogP contribution is 2.55. The number of allylic oxidation sites excluding steroid dienone is 3. The Labute approximate surface area is 202 Å². The van der Waals surface area contributed by atoms with Gasteiger partial charge in [-0.3, -0.25) is 9.69 Å². The van der Waals surface area contributed by atoms with Gasteiger partial charge in [0.1, 0.15) is 17.8 Å². The monoisotopic (exact) mass is 497 g/mol. The summed E-state index contributed by atoms with van der Waals surface area (Å²) in [5.74, 6) is 0.769. The summed E-state index contributed by atoms with van der Waals surface area (Å²) in [7, 11) is 0. The van der Waals surface area contributed by atoms with Crippen LogP contribution < -0.4 is 9.64 Å². The van der Waals surface area contributed by atoms with Crippen LogP contribution in [-0.4, -0.2) is 12.5 Å². The van der Waals surface area contributed by atoms with Gasteiger partial charge in [-0.05, 0) is 41.8 Å². The number of ether oxygens (including phenoxy) is 1. The number of fused-ring (bicyclic) bond motifs is 4. The number of para-hydroxylation sites is 1. The van der Waals surface area contributed by atoms with Gasteiger partial charge in [0.15, 0.2) is 0 Å². The minimum absolute atomic E-state index is 0.0202. The fourth-order valence-corrected chi connectivity index (χ4v) is 5.31. The van der Waals surface area contributed by atoms with Crippen molar-refractivity contribution in [3.63, 3.8) is 0 Å². The predicted molar refractivity (Wildman–Crippen MR) is 137 cm³/mol. The number of hydrogen-bond acceptors (Lipinski definition) is 2. The van der Waals surface area contributed by atoms with Crippen LogP contribution in [0.2, 0.25) is 0 Å². The topological polar surface area (TPSA) is 29.5 Å². The molecular weight excluding hydrogens is 474 g/mol. The SMILES string of the molecule is C=C/C(=C\C=C/C)C(c1ccccc1)N1C(=O)C2(COc3cc(Br)ccc32)c2ccccc21. The molecule has 2 heterocycles. The van der Waals surface area contributed by atoms with E-state index < -0.39 is 5.41 Å². The summed E-state index contributed by atoms with van der Waals surface area (Å²) in [5.41, 5.74) is 3.91. The normalized spacial score (nSPS) is 20.1. The van der Waals surface area contributed by atoms with Crippen molar-refractivity contribution in [1.82, 2.24) is 0 Å². The molecule has 2 unspecified atom stereocenters. The molecule has 0 aliphatic carbocycles. The van der Waals surface area contributed by atoms with Crippen LogP contribution in [-0.2, 0) is 10.2 Å². The Morgan fingerprint density at radius 2 is 1.85 bits per heavy atom. The van der Waals surface area contributed by atoms with E-state index in [-0.39, 0.29) is 18.6 Å². The number of rotatable bonds is 5. The summed E-state index contributed by atoms with van der Waals surface area (Å²) in [6.45, 7) is 6.34. The first-order chi connectivity index (χ1) is 16.1. The quantitative estimate of drug-likeness (QED) is 0.358. The molecule has 1 amide bonds. The second kappa shape index (κ2) is 8.53. The Morgan fingerprint density at radius 3 is 2.61 bits per heavy atom. The van der Waals surface area contributed by atoms with Crippen molar-refractivity contribution >= 4 is 27.5 Å². The van der Waals surface area contributed by atoms with Crippen LogP contribution in [0.15, 0.2) is 114 Å². The van der Waals surface area contributed by atoms with Gasteiger partial charge in [-0.2, -0.15) is 0 Å². The van der Waals surface area contributed by atoms with Crippen LogP contribution in [0, 0.1) is 0 Å². The number of nitrogens with zero attached hydrogens (tertiary/aromatic N) is 1. The fraction of sp³-hybridized carbons (Fsp3) is 0.138. The largest absolute Gasteiger partial charge is 0.491 e. The zero-order valence-electron chi connectivity index (χ0n) is 18.4. The van der Waals surface area contributed by atoms with Gasteiger partial charge in [0, 0.05) is 15.7 Å². The molecule has 5 rings (SSSR count). The molecule has 33 heavy (non-hydrogen) atoms. The molecular formula is C29H24BrNO2. The standard InChI is InChI=1S/C29H24BrNO2/c1-3-5-11-20(4-2)27(21-12-7-6-8-13-21)31-25-15-10-9-14-23(25)29(28(31)32)19-33-26-18-22(30)16-17-24(26)29/h3-18,27H,2,19H2,1H3/b5-3-,20-11+. The summed E-state index contributed by atoms with van der Waals surface area (Å²) < 4.78 is 7.04. The lowest BCUT2D eigenvalue weighted by Gasteiger charge is -2.32. The second-order valence-corrected chi connectivity index (χ2v) is 9.15. The van der Waals surface area contributed by atoms with Crippen LogP contribution >= 0.6 is 15.9 Å². The summed E-state index contributed by atoms with van der Waals surface area (Å²) >= 11 is 3.53. The van der Waals surface area contributed by atoms with Gasteiger partial charge < -0.3 is 4.74 Å². The van der Waals surface area contributed by atoms with Crippen molar-refractivity contribution in [2.24, 2.45) is 0 Å². The van der Waals surface area contributed by atoms with Crippen LogP contribution in [0.1, 0.15) is 29.7 Å². The fourth-order valence-electron chi connectivity index (χ4n) is 4.97. The van der Waals surface area contributed by atoms with Gasteiger partial charge in [0.25, 0.3) is 0 Å². The number of carbonyl (C=O) groups excluding carboxylic acids is 1. The van der Waals surface area contributed by atoms with E-state index in [1.165, 1.54) is 0 Å². The minimum atomic E-state index is -0.869. The first-order valence-electron chi connectivity index (χ1n) is 11.0. The highest BCUT2D eigenvalue weighted by atomic mass is 79.9. The van der Waals surface area contributed by atoms with Gasteiger partial charge in [-0.15, -0.1) is 0 Å². The average Bonchev–Trinajstić information content (AvgIpc) is 3.34. The van der Waals surface area contributed by atoms with Crippen molar-refractivity contribution in [2.75, 3.05) is 11.5 Å². The number of halogens is 1. The number of benzene rings is 3. The van der Waals surface area contributed by atoms with Gasteiger partial charge in [0.05, 0.1) is 6.04 Å². The number of anilines is 1. The number of amides is 1. The lowest BCUT2D eigenvalue weighted by Crippen LogP contribution is -2.44. The molecule has 2 aliphatic rings. The zero-order chi connectivity index (χ0) is 23.0. The summed E-state index contributed by atoms with van der Waals surface area (Å²) in [4.78, 5) is 16.4. The van der Waals surface area contributed by atoms with Crippen LogP contribution in [0.3, 0.4) is 0 Å². The van der Waals surface area contributed by atoms with E-state index in [0.29, 0.717) is 0 Å². The van der Waals surface area contributed by atoms with Crippen molar-refractivity contribution in [1.29, 1.82) is 0 Å². The molecule has 1 spiro atoms. The molecule has 0 saturated carbocycles. The molecule has 2 aliphatic heterocycles. The van der Waals surface area contributed by atoms with E-state index in [0.717, 1.165) is 38.2 Å². The maximum absolute atomic E-state index is 14.5. The predicted octanol–water partition coefficient (Wildman–Crippen LogP) is 6.90. The first kappa shape index (κ1) is 21.5. The maximum atomic E-state index is 14.5. The average molecular weight is 498 g/mol. The van der Waals surface area contributed by atoms with Crippen LogP contribution in [0.25, 0.3) is 0 Å². The van der Waals surface area contributed by atoms with E-state index >= 15 is 0 Å². The third-order valence-electron chi connectivity index (χ3n) is 6.46. The van der Waals surface area contributed by atoms with Crippen molar-refractivity contribution < 1.29 is 9.53 Å². The lowest BCUT2D eigenvalue weighted by atomic mass is 9.77. The summed E-state index contributed by atoms with van der Waals surface area (Å²) in [5, 5.41) is 0. The van der Waals surface area contributed by atoms with Gasteiger partial charge in [0.2, 0.25) is 5.91 Å². The van der Waals surface area contributed by atoms with Gasteiger partial charge >= 0.3 is 0 Å². The van der Waals surface area contributed by atoms with Crippen molar-refractivity contribution in [3.05, 3.63) is 130 Å². The van der Waals surface area contributed by atoms with E-state index in [2.05, 4.69) is 40.7 Å². The molecule has 2 atom stereocenters. The summed E-state index contributed by atoms with van der Waals surface area (Å²) in [6.07, 6.45) is 7.84. The molecule has 0 N–H and O–H groups in total. The zero-order valence-corrected chi connectivity index (χ0v) is 20.0. The molecule has 0 fully saturated rings. The number of hydrogen-bond donors (Lipinski definition) is 0. The van der Waals surface area contributed by atoms with E-state index in [1.54, 1.807) is 0 Å². The van der Waals surface area contributed by atoms with Crippen LogP contribution in [0.4, 0.5) is 5.69 Å². The second-order valence-electron chi connectivity index (χ2n) is 8.24. The molecule has 0 saturated heterocycles. The summed E-state index contributed by atoms with van der Waals surface area (Å²) in [6, 6.07) is 23.8. The Kier molecular flexibility index (Phi) is 5.55. The smallest absolute Gasteiger partial charge is 0.246 e. The van der Waals surface area contributed by atoms with Gasteiger partial charge in [-0.1, -0.05) is 101 Å². The molecule has 0 bridgehead atoms. The Balaban J connectivity index is 1.75. The Bertz CT molecular complexity index is 1290. The Hall–Kier alpha value is -3.37. The number of carbonyl (C=O) groups is 1. The third kappa shape index (κ3) is 3.28. The third-order valence-corrected chi connectivity index (χ3v) is 6.95. The van der Waals surface area contributed by atoms with E-state index in [9.17, 15) is 4.79 Å². The molecule has 0 aromatic heterocycles. The van der Waals surface area contributed by atoms with Crippen LogP contribution in [0.5, 0.6) is 5.75 Å². The van der Waals surface area contributed by atoms with E-state index in [1.807, 2.05) is 90.7 Å². The van der Waals surface area contributed by atoms with Crippen molar-refractivity contribution in [2.45, 2.75) is 18.4 Å². The minimum Gasteiger partial charge on any atom is -0.491 e. The molecule has 3 nitrogen and oxygen atoms in total.